The predicted molar refractivity (Wildman–Crippen MR) is 53.6 cm³/mol. The molecule has 1 unspecified atom stereocenters. The maximum Gasteiger partial charge on any atom is 0.170 e. The lowest BCUT2D eigenvalue weighted by Crippen LogP contribution is -2.17. The van der Waals surface area contributed by atoms with Crippen LogP contribution < -0.4 is 0 Å². The zero-order valence-electron chi connectivity index (χ0n) is 7.87. The van der Waals surface area contributed by atoms with E-state index < -0.39 is 0 Å². The van der Waals surface area contributed by atoms with E-state index in [9.17, 15) is 4.79 Å². The summed E-state index contributed by atoms with van der Waals surface area (Å²) in [7, 11) is 0. The molecule has 0 N–H and O–H groups in total. The Morgan fingerprint density at radius 1 is 1.23 bits per heavy atom. The van der Waals surface area contributed by atoms with Gasteiger partial charge in [0.1, 0.15) is 0 Å². The van der Waals surface area contributed by atoms with E-state index in [1.165, 1.54) is 0 Å². The number of benzene rings is 1. The van der Waals surface area contributed by atoms with Gasteiger partial charge in [-0.1, -0.05) is 42.8 Å². The second-order valence-electron chi connectivity index (χ2n) is 3.56. The molecule has 1 aromatic rings. The van der Waals surface area contributed by atoms with Gasteiger partial charge in [0.05, 0.1) is 0 Å². The molecule has 13 heavy (non-hydrogen) atoms. The van der Waals surface area contributed by atoms with Crippen LogP contribution in [-0.2, 0) is 0 Å². The van der Waals surface area contributed by atoms with Crippen molar-refractivity contribution in [1.82, 2.24) is 0 Å². The van der Waals surface area contributed by atoms with Crippen LogP contribution in [0.5, 0.6) is 0 Å². The van der Waals surface area contributed by atoms with Crippen LogP contribution in [0.15, 0.2) is 29.8 Å². The van der Waals surface area contributed by atoms with E-state index in [1.54, 1.807) is 0 Å². The SMILES string of the molecule is CC1=Cc2ccccc2C(=O)C1C. The molecule has 0 radical (unpaired) electrons. The van der Waals surface area contributed by atoms with Crippen LogP contribution in [0.1, 0.15) is 29.8 Å². The van der Waals surface area contributed by atoms with Crippen molar-refractivity contribution >= 4 is 11.9 Å². The summed E-state index contributed by atoms with van der Waals surface area (Å²) in [5, 5.41) is 0. The second-order valence-corrected chi connectivity index (χ2v) is 3.56. The first-order valence-corrected chi connectivity index (χ1v) is 4.51. The van der Waals surface area contributed by atoms with Crippen molar-refractivity contribution in [1.29, 1.82) is 0 Å². The molecule has 1 aliphatic rings. The van der Waals surface area contributed by atoms with E-state index in [1.807, 2.05) is 38.1 Å². The first kappa shape index (κ1) is 8.24. The van der Waals surface area contributed by atoms with Crippen LogP contribution in [-0.4, -0.2) is 5.78 Å². The van der Waals surface area contributed by atoms with Gasteiger partial charge in [-0.2, -0.15) is 0 Å². The van der Waals surface area contributed by atoms with Crippen LogP contribution in [0.25, 0.3) is 6.08 Å². The summed E-state index contributed by atoms with van der Waals surface area (Å²) in [6, 6.07) is 7.77. The van der Waals surface area contributed by atoms with E-state index in [0.717, 1.165) is 16.7 Å². The average Bonchev–Trinajstić information content (AvgIpc) is 2.15. The van der Waals surface area contributed by atoms with E-state index >= 15 is 0 Å². The van der Waals surface area contributed by atoms with Gasteiger partial charge in [0, 0.05) is 11.5 Å². The van der Waals surface area contributed by atoms with Crippen LogP contribution in [0, 0.1) is 5.92 Å². The molecule has 0 aliphatic heterocycles. The predicted octanol–water partition coefficient (Wildman–Crippen LogP) is 2.92. The highest BCUT2D eigenvalue weighted by molar-refractivity contribution is 6.05. The zero-order valence-corrected chi connectivity index (χ0v) is 7.87. The fraction of sp³-hybridized carbons (Fsp3) is 0.250. The monoisotopic (exact) mass is 172 g/mol. The van der Waals surface area contributed by atoms with Crippen LogP contribution in [0.3, 0.4) is 0 Å². The maximum atomic E-state index is 11.8. The van der Waals surface area contributed by atoms with Gasteiger partial charge in [-0.25, -0.2) is 0 Å². The summed E-state index contributed by atoms with van der Waals surface area (Å²) >= 11 is 0. The van der Waals surface area contributed by atoms with Crippen molar-refractivity contribution in [3.05, 3.63) is 41.0 Å². The minimum absolute atomic E-state index is 0.0508. The number of carbonyl (C=O) groups excluding carboxylic acids is 1. The minimum atomic E-state index is 0.0508. The van der Waals surface area contributed by atoms with Crippen LogP contribution in [0.2, 0.25) is 0 Å². The van der Waals surface area contributed by atoms with Crippen molar-refractivity contribution in [3.63, 3.8) is 0 Å². The lowest BCUT2D eigenvalue weighted by atomic mass is 9.84. The van der Waals surface area contributed by atoms with E-state index in [-0.39, 0.29) is 11.7 Å². The molecule has 0 amide bonds. The van der Waals surface area contributed by atoms with Crippen molar-refractivity contribution in [3.8, 4) is 0 Å². The van der Waals surface area contributed by atoms with Crippen molar-refractivity contribution in [2.24, 2.45) is 5.92 Å². The molecule has 0 fully saturated rings. The first-order chi connectivity index (χ1) is 6.20. The fourth-order valence-electron chi connectivity index (χ4n) is 1.66. The third-order valence-electron chi connectivity index (χ3n) is 2.69. The fourth-order valence-corrected chi connectivity index (χ4v) is 1.66. The minimum Gasteiger partial charge on any atom is -0.293 e. The Morgan fingerprint density at radius 3 is 2.69 bits per heavy atom. The van der Waals surface area contributed by atoms with E-state index in [2.05, 4.69) is 6.08 Å². The number of carbonyl (C=O) groups is 1. The summed E-state index contributed by atoms with van der Waals surface area (Å²) in [4.78, 5) is 11.8. The highest BCUT2D eigenvalue weighted by Gasteiger charge is 2.22. The van der Waals surface area contributed by atoms with Crippen LogP contribution in [0.4, 0.5) is 0 Å². The second kappa shape index (κ2) is 2.84. The molecule has 0 bridgehead atoms. The molecule has 1 nitrogen and oxygen atoms in total. The number of allylic oxidation sites excluding steroid dienone is 1. The van der Waals surface area contributed by atoms with Crippen LogP contribution >= 0.6 is 0 Å². The third-order valence-corrected chi connectivity index (χ3v) is 2.69. The maximum absolute atomic E-state index is 11.8. The number of fused-ring (bicyclic) bond motifs is 1. The summed E-state index contributed by atoms with van der Waals surface area (Å²) in [5.41, 5.74) is 3.08. The zero-order chi connectivity index (χ0) is 9.42. The summed E-state index contributed by atoms with van der Waals surface area (Å²) < 4.78 is 0. The molecule has 1 atom stereocenters. The van der Waals surface area contributed by atoms with E-state index in [0.29, 0.717) is 0 Å². The Morgan fingerprint density at radius 2 is 1.92 bits per heavy atom. The number of hydrogen-bond donors (Lipinski definition) is 0. The van der Waals surface area contributed by atoms with Crippen molar-refractivity contribution < 1.29 is 4.79 Å². The summed E-state index contributed by atoms with van der Waals surface area (Å²) in [6.07, 6.45) is 2.10. The number of rotatable bonds is 0. The summed E-state index contributed by atoms with van der Waals surface area (Å²) in [5.74, 6) is 0.297. The third kappa shape index (κ3) is 1.21. The lowest BCUT2D eigenvalue weighted by molar-refractivity contribution is 0.0946. The van der Waals surface area contributed by atoms with Crippen molar-refractivity contribution in [2.75, 3.05) is 0 Å². The number of ketones is 1. The quantitative estimate of drug-likeness (QED) is 0.588. The van der Waals surface area contributed by atoms with Gasteiger partial charge >= 0.3 is 0 Å². The molecule has 0 aromatic heterocycles. The average molecular weight is 172 g/mol. The van der Waals surface area contributed by atoms with E-state index in [4.69, 9.17) is 0 Å². The van der Waals surface area contributed by atoms with Gasteiger partial charge in [-0.15, -0.1) is 0 Å². The van der Waals surface area contributed by atoms with Gasteiger partial charge in [-0.3, -0.25) is 4.79 Å². The van der Waals surface area contributed by atoms with Gasteiger partial charge in [0.25, 0.3) is 0 Å². The Balaban J connectivity index is 2.63. The topological polar surface area (TPSA) is 17.1 Å². The molecule has 1 aliphatic carbocycles. The molecule has 0 saturated carbocycles. The highest BCUT2D eigenvalue weighted by atomic mass is 16.1. The smallest absolute Gasteiger partial charge is 0.170 e. The normalized spacial score (nSPS) is 20.9. The molecule has 66 valence electrons. The molecular weight excluding hydrogens is 160 g/mol. The number of hydrogen-bond acceptors (Lipinski definition) is 1. The molecular formula is C12H12O. The molecule has 0 heterocycles. The Bertz CT molecular complexity index is 388. The van der Waals surface area contributed by atoms with Gasteiger partial charge in [-0.05, 0) is 12.5 Å². The molecule has 0 saturated heterocycles. The molecule has 2 rings (SSSR count). The molecule has 1 heteroatoms. The first-order valence-electron chi connectivity index (χ1n) is 4.51. The van der Waals surface area contributed by atoms with Crippen molar-refractivity contribution in [2.45, 2.75) is 13.8 Å². The Kier molecular flexibility index (Phi) is 1.80. The van der Waals surface area contributed by atoms with Gasteiger partial charge in [0.15, 0.2) is 5.78 Å². The van der Waals surface area contributed by atoms with Gasteiger partial charge < -0.3 is 0 Å². The largest absolute Gasteiger partial charge is 0.293 e. The Labute approximate surface area is 78.1 Å². The lowest BCUT2D eigenvalue weighted by Gasteiger charge is -2.18. The standard InChI is InChI=1S/C12H12O/c1-8-7-10-5-3-4-6-11(10)12(13)9(8)2/h3-7,9H,1-2H3. The van der Waals surface area contributed by atoms with Gasteiger partial charge in [0.2, 0.25) is 0 Å². The highest BCUT2D eigenvalue weighted by Crippen LogP contribution is 2.27. The molecule has 1 aromatic carbocycles. The Hall–Kier alpha value is -1.37. The molecule has 0 spiro atoms. The summed E-state index contributed by atoms with van der Waals surface area (Å²) in [6.45, 7) is 3.97. The number of Topliss-reactive ketones (excluding diaryl/α,β-unsaturated/α-hetero) is 1.